The van der Waals surface area contributed by atoms with Gasteiger partial charge in [-0.15, -0.1) is 0 Å². The van der Waals surface area contributed by atoms with Crippen molar-refractivity contribution >= 4 is 23.1 Å². The molecule has 1 aromatic carbocycles. The number of nitrogens with two attached hydrogens (primary N) is 1. The van der Waals surface area contributed by atoms with Gasteiger partial charge in [0, 0.05) is 12.6 Å². The second kappa shape index (κ2) is 8.26. The van der Waals surface area contributed by atoms with Crippen LogP contribution in [-0.4, -0.2) is 35.9 Å². The zero-order valence-electron chi connectivity index (χ0n) is 15.4. The number of benzene rings is 1. The fourth-order valence-electron chi connectivity index (χ4n) is 2.54. The molecule has 0 unspecified atom stereocenters. The Kier molecular flexibility index (Phi) is 5.60. The highest BCUT2D eigenvalue weighted by Gasteiger charge is 2.10. The zero-order chi connectivity index (χ0) is 19.2. The lowest BCUT2D eigenvalue weighted by atomic mass is 10.1. The van der Waals surface area contributed by atoms with Gasteiger partial charge in [0.1, 0.15) is 17.8 Å². The molecule has 2 heterocycles. The van der Waals surface area contributed by atoms with Crippen LogP contribution in [0.25, 0.3) is 0 Å². The molecule has 9 heteroatoms. The standard InChI is InChI=1S/C18H22N6O3/c1-11-8-15(24-27-11)23-18-16(19)17(21-10-22-18)20-7-6-12-4-5-13(25-2)14(9-12)26-3/h4-5,8-10H,6-7,19H2,1-3H3,(H2,20,21,22,23,24). The molecule has 0 aliphatic carbocycles. The summed E-state index contributed by atoms with van der Waals surface area (Å²) in [4.78, 5) is 8.35. The maximum absolute atomic E-state index is 6.16. The summed E-state index contributed by atoms with van der Waals surface area (Å²) in [5.41, 5.74) is 7.66. The second-order valence-corrected chi connectivity index (χ2v) is 5.80. The third kappa shape index (κ3) is 4.38. The summed E-state index contributed by atoms with van der Waals surface area (Å²) < 4.78 is 15.6. The number of nitrogens with one attached hydrogen (secondary N) is 2. The lowest BCUT2D eigenvalue weighted by molar-refractivity contribution is 0.354. The largest absolute Gasteiger partial charge is 0.493 e. The molecule has 0 fully saturated rings. The topological polar surface area (TPSA) is 120 Å². The number of nitrogens with zero attached hydrogens (tertiary/aromatic N) is 3. The van der Waals surface area contributed by atoms with Crippen LogP contribution in [0.5, 0.6) is 11.5 Å². The van der Waals surface area contributed by atoms with Crippen LogP contribution in [0.2, 0.25) is 0 Å². The molecule has 9 nitrogen and oxygen atoms in total. The Morgan fingerprint density at radius 1 is 1.07 bits per heavy atom. The van der Waals surface area contributed by atoms with Crippen LogP contribution >= 0.6 is 0 Å². The van der Waals surface area contributed by atoms with Crippen LogP contribution in [0, 0.1) is 6.92 Å². The van der Waals surface area contributed by atoms with Gasteiger partial charge in [-0.1, -0.05) is 11.2 Å². The molecule has 2 aromatic heterocycles. The van der Waals surface area contributed by atoms with Crippen LogP contribution in [0.1, 0.15) is 11.3 Å². The number of nitrogen functional groups attached to an aromatic ring is 1. The average molecular weight is 370 g/mol. The van der Waals surface area contributed by atoms with E-state index in [2.05, 4.69) is 25.8 Å². The Hall–Kier alpha value is -3.49. The fraction of sp³-hybridized carbons (Fsp3) is 0.278. The predicted molar refractivity (Wildman–Crippen MR) is 103 cm³/mol. The van der Waals surface area contributed by atoms with E-state index >= 15 is 0 Å². The molecular formula is C18H22N6O3. The minimum Gasteiger partial charge on any atom is -0.493 e. The third-order valence-corrected chi connectivity index (χ3v) is 3.91. The van der Waals surface area contributed by atoms with Gasteiger partial charge < -0.3 is 30.4 Å². The van der Waals surface area contributed by atoms with E-state index in [1.54, 1.807) is 20.3 Å². The highest BCUT2D eigenvalue weighted by Crippen LogP contribution is 2.28. The molecule has 0 radical (unpaired) electrons. The van der Waals surface area contributed by atoms with Crippen LogP contribution in [0.4, 0.5) is 23.1 Å². The Morgan fingerprint density at radius 3 is 2.56 bits per heavy atom. The molecule has 0 amide bonds. The molecule has 0 atom stereocenters. The van der Waals surface area contributed by atoms with Crippen LogP contribution in [0.3, 0.4) is 0 Å². The minimum atomic E-state index is 0.408. The molecule has 0 bridgehead atoms. The van der Waals surface area contributed by atoms with Gasteiger partial charge in [-0.2, -0.15) is 0 Å². The van der Waals surface area contributed by atoms with Crippen molar-refractivity contribution in [2.45, 2.75) is 13.3 Å². The molecule has 0 saturated carbocycles. The molecule has 0 aliphatic heterocycles. The summed E-state index contributed by atoms with van der Waals surface area (Å²) in [6.45, 7) is 2.45. The number of hydrogen-bond acceptors (Lipinski definition) is 9. The van der Waals surface area contributed by atoms with Crippen molar-refractivity contribution < 1.29 is 14.0 Å². The van der Waals surface area contributed by atoms with Crippen molar-refractivity contribution in [2.24, 2.45) is 0 Å². The highest BCUT2D eigenvalue weighted by atomic mass is 16.5. The van der Waals surface area contributed by atoms with Gasteiger partial charge in [0.15, 0.2) is 29.0 Å². The van der Waals surface area contributed by atoms with Crippen LogP contribution in [-0.2, 0) is 6.42 Å². The first-order chi connectivity index (χ1) is 13.1. The molecule has 3 aromatic rings. The fourth-order valence-corrected chi connectivity index (χ4v) is 2.54. The predicted octanol–water partition coefficient (Wildman–Crippen LogP) is 2.77. The summed E-state index contributed by atoms with van der Waals surface area (Å²) >= 11 is 0. The number of aromatic nitrogens is 3. The van der Waals surface area contributed by atoms with E-state index in [4.69, 9.17) is 19.7 Å². The lowest BCUT2D eigenvalue weighted by Crippen LogP contribution is -2.11. The molecule has 0 spiro atoms. The van der Waals surface area contributed by atoms with Gasteiger partial charge in [-0.3, -0.25) is 0 Å². The second-order valence-electron chi connectivity index (χ2n) is 5.80. The maximum atomic E-state index is 6.16. The third-order valence-electron chi connectivity index (χ3n) is 3.91. The van der Waals surface area contributed by atoms with Gasteiger partial charge in [0.25, 0.3) is 0 Å². The van der Waals surface area contributed by atoms with Gasteiger partial charge in [-0.25, -0.2) is 9.97 Å². The first-order valence-electron chi connectivity index (χ1n) is 8.36. The Morgan fingerprint density at radius 2 is 1.85 bits per heavy atom. The van der Waals surface area contributed by atoms with E-state index in [0.29, 0.717) is 46.9 Å². The first-order valence-corrected chi connectivity index (χ1v) is 8.36. The summed E-state index contributed by atoms with van der Waals surface area (Å²) in [7, 11) is 3.23. The van der Waals surface area contributed by atoms with E-state index in [-0.39, 0.29) is 0 Å². The van der Waals surface area contributed by atoms with E-state index in [1.807, 2.05) is 25.1 Å². The SMILES string of the molecule is COc1ccc(CCNc2ncnc(Nc3cc(C)on3)c2N)cc1OC. The van der Waals surface area contributed by atoms with Crippen LogP contribution < -0.4 is 25.8 Å². The van der Waals surface area contributed by atoms with E-state index in [1.165, 1.54) is 6.33 Å². The number of hydrogen-bond donors (Lipinski definition) is 3. The quantitative estimate of drug-likeness (QED) is 0.549. The van der Waals surface area contributed by atoms with Gasteiger partial charge in [0.05, 0.1) is 14.2 Å². The summed E-state index contributed by atoms with van der Waals surface area (Å²) in [6, 6.07) is 7.58. The number of aryl methyl sites for hydroxylation is 1. The summed E-state index contributed by atoms with van der Waals surface area (Å²) in [6.07, 6.45) is 2.19. The zero-order valence-corrected chi connectivity index (χ0v) is 15.4. The molecule has 0 aliphatic rings. The Labute approximate surface area is 156 Å². The van der Waals surface area contributed by atoms with E-state index in [0.717, 1.165) is 12.0 Å². The number of methoxy groups -OCH3 is 2. The Bertz CT molecular complexity index is 912. The number of anilines is 4. The molecule has 142 valence electrons. The van der Waals surface area contributed by atoms with E-state index in [9.17, 15) is 0 Å². The number of rotatable bonds is 8. The van der Waals surface area contributed by atoms with Crippen molar-refractivity contribution in [1.29, 1.82) is 0 Å². The van der Waals surface area contributed by atoms with Crippen molar-refractivity contribution in [3.05, 3.63) is 41.9 Å². The monoisotopic (exact) mass is 370 g/mol. The van der Waals surface area contributed by atoms with Crippen LogP contribution in [0.15, 0.2) is 35.1 Å². The molecule has 4 N–H and O–H groups in total. The van der Waals surface area contributed by atoms with E-state index < -0.39 is 0 Å². The smallest absolute Gasteiger partial charge is 0.175 e. The van der Waals surface area contributed by atoms with Crippen molar-refractivity contribution in [3.63, 3.8) is 0 Å². The molecule has 0 saturated heterocycles. The van der Waals surface area contributed by atoms with Crippen molar-refractivity contribution in [3.8, 4) is 11.5 Å². The average Bonchev–Trinajstić information content (AvgIpc) is 3.09. The van der Waals surface area contributed by atoms with Gasteiger partial charge in [0.2, 0.25) is 0 Å². The normalized spacial score (nSPS) is 10.5. The minimum absolute atomic E-state index is 0.408. The van der Waals surface area contributed by atoms with Gasteiger partial charge >= 0.3 is 0 Å². The summed E-state index contributed by atoms with van der Waals surface area (Å²) in [5.74, 6) is 3.65. The molecule has 3 rings (SSSR count). The van der Waals surface area contributed by atoms with Gasteiger partial charge in [-0.05, 0) is 31.0 Å². The number of ether oxygens (including phenoxy) is 2. The van der Waals surface area contributed by atoms with Crippen molar-refractivity contribution in [2.75, 3.05) is 37.1 Å². The highest BCUT2D eigenvalue weighted by molar-refractivity contribution is 5.76. The summed E-state index contributed by atoms with van der Waals surface area (Å²) in [5, 5.41) is 10.1. The molecular weight excluding hydrogens is 348 g/mol. The van der Waals surface area contributed by atoms with Crippen molar-refractivity contribution in [1.82, 2.24) is 15.1 Å². The first kappa shape index (κ1) is 18.3. The molecule has 27 heavy (non-hydrogen) atoms. The lowest BCUT2D eigenvalue weighted by Gasteiger charge is -2.12. The Balaban J connectivity index is 1.63. The maximum Gasteiger partial charge on any atom is 0.175 e.